The molecule has 15 heteroatoms. The zero-order valence-electron chi connectivity index (χ0n) is 41.8. The van der Waals surface area contributed by atoms with Crippen LogP contribution < -0.4 is 16.5 Å². The number of pyridine rings is 1. The highest BCUT2D eigenvalue weighted by atomic mass is 35.5. The van der Waals surface area contributed by atoms with E-state index in [4.69, 9.17) is 27.6 Å². The summed E-state index contributed by atoms with van der Waals surface area (Å²) in [5.74, 6) is 0.0574. The highest BCUT2D eigenvalue weighted by Gasteiger charge is 2.13. The third-order valence-electron chi connectivity index (χ3n) is 11.6. The van der Waals surface area contributed by atoms with Crippen molar-refractivity contribution in [3.8, 4) is 11.3 Å². The van der Waals surface area contributed by atoms with Crippen LogP contribution in [0.4, 0.5) is 11.4 Å². The van der Waals surface area contributed by atoms with Crippen molar-refractivity contribution in [3.63, 3.8) is 0 Å². The normalized spacial score (nSPS) is 10.7. The topological polar surface area (TPSA) is 215 Å². The van der Waals surface area contributed by atoms with Gasteiger partial charge in [0.2, 0.25) is 5.91 Å². The second-order valence-electron chi connectivity index (χ2n) is 17.5. The van der Waals surface area contributed by atoms with Crippen molar-refractivity contribution < 1.29 is 34.3 Å². The number of thioether (sulfide) groups is 1. The molecule has 2 aromatic heterocycles. The van der Waals surface area contributed by atoms with Crippen molar-refractivity contribution in [1.82, 2.24) is 20.4 Å². The lowest BCUT2D eigenvalue weighted by Gasteiger charge is -2.06. The summed E-state index contributed by atoms with van der Waals surface area (Å²) in [6, 6.07) is 53.7. The SMILES string of the molecule is Nc1ccccc1CC(=O)c1ccc(CC(=O)Cc2ccc3ccccc3c2)cn1.O=C(/C=C/c1ccc(CSc2nc(Cl)cc(-c3ccccc3)n2)cc1)NO.O=C(CO)CCCCCCC(=O)Nc1ccccc1. The van der Waals surface area contributed by atoms with E-state index in [9.17, 15) is 24.0 Å². The molecule has 0 fully saturated rings. The molecule has 8 rings (SSSR count). The summed E-state index contributed by atoms with van der Waals surface area (Å²) in [7, 11) is 0. The summed E-state index contributed by atoms with van der Waals surface area (Å²) in [5.41, 5.74) is 15.6. The number of nitrogens with two attached hydrogens (primary N) is 1. The number of unbranched alkanes of at least 4 members (excludes halogenated alkanes) is 3. The number of carbonyl (C=O) groups is 5. The minimum Gasteiger partial charge on any atom is -0.398 e. The minimum atomic E-state index is -0.568. The molecule has 0 aliphatic carbocycles. The Hall–Kier alpha value is -8.14. The van der Waals surface area contributed by atoms with Crippen LogP contribution in [-0.4, -0.2) is 61.0 Å². The highest BCUT2D eigenvalue weighted by molar-refractivity contribution is 7.98. The van der Waals surface area contributed by atoms with E-state index in [0.29, 0.717) is 53.1 Å². The monoisotopic (exact) mass is 1050 g/mol. The van der Waals surface area contributed by atoms with Gasteiger partial charge in [-0.15, -0.1) is 0 Å². The Kier molecular flexibility index (Phi) is 23.2. The van der Waals surface area contributed by atoms with Gasteiger partial charge in [-0.1, -0.05) is 176 Å². The Bertz CT molecular complexity index is 3200. The number of amides is 2. The molecular weight excluding hydrogens is 996 g/mol. The van der Waals surface area contributed by atoms with Crippen molar-refractivity contribution in [3.05, 3.63) is 221 Å². The first-order valence-corrected chi connectivity index (χ1v) is 26.0. The van der Waals surface area contributed by atoms with E-state index in [1.54, 1.807) is 42.0 Å². The standard InChI is InChI=1S/C26H22N2O2.C20H16ClN3O2S.C15H21NO3/c27-24-8-4-3-7-22(24)16-26(30)25-12-10-19(17-28-25)15-23(29)14-18-9-11-20-5-1-2-6-21(20)13-18;21-18-12-17(16-4-2-1-3-5-16)22-20(23-18)27-13-15-8-6-14(7-9-15)10-11-19(25)24-26;17-12-14(18)10-6-1-2-7-11-15(19)16-13-8-4-3-5-9-13/h1-13,17H,14-16,27H2;1-12,26H,13H2,(H,24,25);3-5,8-9,17H,1-2,6-7,10-12H2,(H,16,19)/b;11-10+;. The van der Waals surface area contributed by atoms with Gasteiger partial charge < -0.3 is 16.2 Å². The van der Waals surface area contributed by atoms with Crippen LogP contribution in [0.3, 0.4) is 0 Å². The summed E-state index contributed by atoms with van der Waals surface area (Å²) in [4.78, 5) is 71.5. The molecule has 6 aromatic carbocycles. The van der Waals surface area contributed by atoms with Crippen LogP contribution in [0.15, 0.2) is 187 Å². The maximum Gasteiger partial charge on any atom is 0.267 e. The van der Waals surface area contributed by atoms with Crippen LogP contribution >= 0.6 is 23.4 Å². The number of aromatic nitrogens is 3. The Morgan fingerprint density at radius 3 is 1.97 bits per heavy atom. The molecular formula is C61H59ClN6O7S. The molecule has 0 spiro atoms. The van der Waals surface area contributed by atoms with Crippen molar-refractivity contribution in [1.29, 1.82) is 0 Å². The Balaban J connectivity index is 0.000000190. The molecule has 0 aliphatic heterocycles. The highest BCUT2D eigenvalue weighted by Crippen LogP contribution is 2.26. The lowest BCUT2D eigenvalue weighted by Crippen LogP contribution is -2.14. The summed E-state index contributed by atoms with van der Waals surface area (Å²) in [5, 5.41) is 23.2. The van der Waals surface area contributed by atoms with Crippen molar-refractivity contribution in [2.45, 2.75) is 68.7 Å². The van der Waals surface area contributed by atoms with Crippen LogP contribution in [0.2, 0.25) is 5.15 Å². The van der Waals surface area contributed by atoms with Gasteiger partial charge in [0.05, 0.1) is 5.69 Å². The molecule has 2 amide bonds. The summed E-state index contributed by atoms with van der Waals surface area (Å²) in [6.45, 7) is -0.362. The van der Waals surface area contributed by atoms with Gasteiger partial charge in [-0.25, -0.2) is 15.4 Å². The number of nitrogens with zero attached hydrogens (tertiary/aromatic N) is 3. The van der Waals surface area contributed by atoms with Crippen LogP contribution in [0.25, 0.3) is 28.1 Å². The molecule has 388 valence electrons. The number of hydroxylamine groups is 1. The third-order valence-corrected chi connectivity index (χ3v) is 12.7. The van der Waals surface area contributed by atoms with Crippen LogP contribution in [0.1, 0.15) is 76.8 Å². The number of hydrogen-bond acceptors (Lipinski definition) is 12. The number of fused-ring (bicyclic) bond motifs is 1. The van der Waals surface area contributed by atoms with E-state index in [2.05, 4.69) is 32.4 Å². The first kappa shape index (κ1) is 57.1. The largest absolute Gasteiger partial charge is 0.398 e. The van der Waals surface area contributed by atoms with Gasteiger partial charge in [-0.05, 0) is 81.8 Å². The van der Waals surface area contributed by atoms with E-state index in [-0.39, 0.29) is 36.3 Å². The number of nitrogens with one attached hydrogen (secondary N) is 2. The summed E-state index contributed by atoms with van der Waals surface area (Å²) in [6.07, 6.45) is 9.77. The van der Waals surface area contributed by atoms with E-state index in [1.807, 2.05) is 133 Å². The smallest absolute Gasteiger partial charge is 0.267 e. The number of aliphatic hydroxyl groups is 1. The number of rotatable bonds is 22. The van der Waals surface area contributed by atoms with E-state index in [0.717, 1.165) is 81.2 Å². The minimum absolute atomic E-state index is 0.0256. The summed E-state index contributed by atoms with van der Waals surface area (Å²) >= 11 is 7.65. The zero-order chi connectivity index (χ0) is 53.9. The van der Waals surface area contributed by atoms with Crippen LogP contribution in [-0.2, 0) is 44.2 Å². The zero-order valence-corrected chi connectivity index (χ0v) is 43.4. The third kappa shape index (κ3) is 19.9. The predicted molar refractivity (Wildman–Crippen MR) is 302 cm³/mol. The average Bonchev–Trinajstić information content (AvgIpc) is 3.44. The maximum atomic E-state index is 12.5. The van der Waals surface area contributed by atoms with Gasteiger partial charge in [0, 0.05) is 73.1 Å². The van der Waals surface area contributed by atoms with Crippen molar-refractivity contribution in [2.24, 2.45) is 0 Å². The molecule has 8 aromatic rings. The maximum absolute atomic E-state index is 12.5. The molecule has 0 saturated heterocycles. The number of Topliss-reactive ketones (excluding diaryl/α,β-unsaturated/α-hetero) is 3. The number of halogens is 1. The van der Waals surface area contributed by atoms with Crippen LogP contribution in [0.5, 0.6) is 0 Å². The molecule has 0 unspecified atom stereocenters. The number of anilines is 2. The van der Waals surface area contributed by atoms with Gasteiger partial charge in [-0.3, -0.25) is 34.2 Å². The molecule has 0 radical (unpaired) electrons. The lowest BCUT2D eigenvalue weighted by atomic mass is 10.0. The average molecular weight is 1060 g/mol. The van der Waals surface area contributed by atoms with Gasteiger partial charge in [0.25, 0.3) is 5.91 Å². The van der Waals surface area contributed by atoms with Crippen molar-refractivity contribution in [2.75, 3.05) is 17.7 Å². The lowest BCUT2D eigenvalue weighted by molar-refractivity contribution is -0.124. The number of carbonyl (C=O) groups excluding carboxylic acids is 5. The number of ketones is 3. The molecule has 0 saturated carbocycles. The van der Waals surface area contributed by atoms with Gasteiger partial charge in [0.15, 0.2) is 16.7 Å². The van der Waals surface area contributed by atoms with Gasteiger partial charge in [-0.2, -0.15) is 0 Å². The second kappa shape index (κ2) is 30.9. The molecule has 76 heavy (non-hydrogen) atoms. The number of hydrogen-bond donors (Lipinski definition) is 5. The molecule has 0 bridgehead atoms. The van der Waals surface area contributed by atoms with Crippen LogP contribution in [0, 0.1) is 0 Å². The number of para-hydroxylation sites is 2. The summed E-state index contributed by atoms with van der Waals surface area (Å²) < 4.78 is 0. The molecule has 6 N–H and O–H groups in total. The Morgan fingerprint density at radius 1 is 0.632 bits per heavy atom. The Morgan fingerprint density at radius 2 is 1.28 bits per heavy atom. The van der Waals surface area contributed by atoms with Gasteiger partial charge in [0.1, 0.15) is 23.2 Å². The van der Waals surface area contributed by atoms with E-state index in [1.165, 1.54) is 17.8 Å². The van der Waals surface area contributed by atoms with E-state index < -0.39 is 5.91 Å². The molecule has 2 heterocycles. The van der Waals surface area contributed by atoms with E-state index >= 15 is 0 Å². The number of aliphatic hydroxyl groups excluding tert-OH is 1. The fourth-order valence-corrected chi connectivity index (χ4v) is 8.65. The Labute approximate surface area is 451 Å². The fraction of sp³-hybridized carbons (Fsp3) is 0.180. The first-order chi connectivity index (χ1) is 36.9. The molecule has 13 nitrogen and oxygen atoms in total. The quantitative estimate of drug-likeness (QED) is 0.00493. The fourth-order valence-electron chi connectivity index (χ4n) is 7.60. The molecule has 0 atom stereocenters. The number of benzene rings is 6. The predicted octanol–water partition coefficient (Wildman–Crippen LogP) is 11.7. The first-order valence-electron chi connectivity index (χ1n) is 24.7. The van der Waals surface area contributed by atoms with Gasteiger partial charge >= 0.3 is 0 Å². The molecule has 0 aliphatic rings. The number of nitrogen functional groups attached to an aromatic ring is 1. The van der Waals surface area contributed by atoms with Crippen molar-refractivity contribution >= 4 is 80.8 Å². The second-order valence-corrected chi connectivity index (χ2v) is 18.8.